The molecule has 0 aliphatic heterocycles. The largest absolute Gasteiger partial charge is 0.478 e. The number of aromatic carboxylic acids is 1. The van der Waals surface area contributed by atoms with Crippen molar-refractivity contribution in [2.24, 2.45) is 11.8 Å². The molecule has 6 nitrogen and oxygen atoms in total. The highest BCUT2D eigenvalue weighted by atomic mass is 32.2. The van der Waals surface area contributed by atoms with Gasteiger partial charge in [-0.3, -0.25) is 0 Å². The second kappa shape index (κ2) is 11.4. The van der Waals surface area contributed by atoms with E-state index in [1.54, 1.807) is 37.4 Å². The molecule has 0 bridgehead atoms. The van der Waals surface area contributed by atoms with Gasteiger partial charge in [-0.15, -0.1) is 0 Å². The van der Waals surface area contributed by atoms with E-state index < -0.39 is 16.0 Å². The molecule has 0 aromatic heterocycles. The first-order valence-corrected chi connectivity index (χ1v) is 14.6. The van der Waals surface area contributed by atoms with Gasteiger partial charge in [0.25, 0.3) is 0 Å². The third-order valence-corrected chi connectivity index (χ3v) is 9.26. The highest BCUT2D eigenvalue weighted by molar-refractivity contribution is 7.89. The van der Waals surface area contributed by atoms with Gasteiger partial charge in [-0.1, -0.05) is 55.5 Å². The van der Waals surface area contributed by atoms with Crippen molar-refractivity contribution in [3.63, 3.8) is 0 Å². The van der Waals surface area contributed by atoms with Crippen molar-refractivity contribution >= 4 is 16.0 Å². The number of hydrogen-bond acceptors (Lipinski definition) is 4. The van der Waals surface area contributed by atoms with Crippen LogP contribution in [0.2, 0.25) is 0 Å². The molecular weight excluding hydrogens is 496 g/mol. The molecule has 0 spiro atoms. The Morgan fingerprint density at radius 1 is 1.00 bits per heavy atom. The van der Waals surface area contributed by atoms with Gasteiger partial charge in [0.2, 0.25) is 10.0 Å². The van der Waals surface area contributed by atoms with E-state index >= 15 is 0 Å². The first-order valence-electron chi connectivity index (χ1n) is 13.2. The van der Waals surface area contributed by atoms with Crippen molar-refractivity contribution in [3.05, 3.63) is 89.5 Å². The van der Waals surface area contributed by atoms with E-state index in [-0.39, 0.29) is 21.9 Å². The zero-order valence-corrected chi connectivity index (χ0v) is 23.5. The number of nitrogens with zero attached hydrogens (tertiary/aromatic N) is 1. The molecule has 3 aromatic carbocycles. The van der Waals surface area contributed by atoms with Crippen molar-refractivity contribution in [1.82, 2.24) is 9.62 Å². The maximum atomic E-state index is 13.4. The highest BCUT2D eigenvalue weighted by Crippen LogP contribution is 2.32. The van der Waals surface area contributed by atoms with Crippen molar-refractivity contribution in [2.75, 3.05) is 20.1 Å². The number of nitrogens with one attached hydrogen (secondary N) is 1. The van der Waals surface area contributed by atoms with E-state index in [0.717, 1.165) is 36.9 Å². The molecule has 0 heterocycles. The first kappa shape index (κ1) is 28.0. The Hall–Kier alpha value is -3.00. The molecule has 0 fully saturated rings. The molecule has 2 N–H and O–H groups in total. The molecule has 1 aliphatic rings. The molecular formula is C31H38N2O4S. The first-order chi connectivity index (χ1) is 17.9. The number of fused-ring (bicyclic) bond motifs is 1. The van der Waals surface area contributed by atoms with E-state index in [4.69, 9.17) is 5.11 Å². The Morgan fingerprint density at radius 3 is 2.24 bits per heavy atom. The lowest BCUT2D eigenvalue weighted by Gasteiger charge is -2.31. The minimum absolute atomic E-state index is 0.0388. The average molecular weight is 535 g/mol. The Balaban J connectivity index is 1.33. The van der Waals surface area contributed by atoms with Crippen LogP contribution in [0.5, 0.6) is 0 Å². The Bertz CT molecular complexity index is 1360. The summed E-state index contributed by atoms with van der Waals surface area (Å²) in [7, 11) is -2.05. The van der Waals surface area contributed by atoms with Crippen LogP contribution in [0.25, 0.3) is 11.1 Å². The van der Waals surface area contributed by atoms with Crippen molar-refractivity contribution in [3.8, 4) is 11.1 Å². The molecule has 1 atom stereocenters. The molecule has 0 unspecified atom stereocenters. The minimum Gasteiger partial charge on any atom is -0.478 e. The third kappa shape index (κ3) is 6.70. The molecule has 1 aliphatic carbocycles. The second-order valence-corrected chi connectivity index (χ2v) is 13.4. The smallest absolute Gasteiger partial charge is 0.335 e. The van der Waals surface area contributed by atoms with Gasteiger partial charge in [0, 0.05) is 19.1 Å². The topological polar surface area (TPSA) is 86.7 Å². The lowest BCUT2D eigenvalue weighted by Crippen LogP contribution is -2.45. The van der Waals surface area contributed by atoms with Gasteiger partial charge in [0.1, 0.15) is 0 Å². The van der Waals surface area contributed by atoms with E-state index in [0.29, 0.717) is 12.5 Å². The number of hydrogen-bond donors (Lipinski definition) is 2. The standard InChI is InChI=1S/C31H38N2O4S/c1-22(20-32-31(2,3)19-23-16-26-8-5-6-9-27(26)17-23)21-33(4)38(36,37)29-11-7-10-28(18-29)24-12-14-25(15-13-24)30(34)35/h5-15,18,22-23,32H,16-17,19-21H2,1-4H3,(H,34,35)/t22-/m0/s1. The lowest BCUT2D eigenvalue weighted by atomic mass is 9.88. The fraction of sp³-hybridized carbons (Fsp3) is 0.387. The maximum absolute atomic E-state index is 13.4. The molecule has 0 saturated carbocycles. The van der Waals surface area contributed by atoms with Crippen molar-refractivity contribution < 1.29 is 18.3 Å². The van der Waals surface area contributed by atoms with Crippen LogP contribution in [0.4, 0.5) is 0 Å². The van der Waals surface area contributed by atoms with Gasteiger partial charge in [-0.05, 0) is 98.0 Å². The summed E-state index contributed by atoms with van der Waals surface area (Å²) >= 11 is 0. The molecule has 202 valence electrons. The summed E-state index contributed by atoms with van der Waals surface area (Å²) in [4.78, 5) is 11.4. The quantitative estimate of drug-likeness (QED) is 0.340. The van der Waals surface area contributed by atoms with Gasteiger partial charge in [0.05, 0.1) is 10.5 Å². The van der Waals surface area contributed by atoms with Crippen LogP contribution in [0, 0.1) is 11.8 Å². The number of carboxylic acids is 1. The molecule has 0 saturated heterocycles. The number of rotatable bonds is 11. The predicted octanol–water partition coefficient (Wildman–Crippen LogP) is 5.48. The zero-order valence-electron chi connectivity index (χ0n) is 22.6. The molecule has 0 radical (unpaired) electrons. The maximum Gasteiger partial charge on any atom is 0.335 e. The summed E-state index contributed by atoms with van der Waals surface area (Å²) in [5.74, 6) is -0.243. The van der Waals surface area contributed by atoms with Crippen LogP contribution in [0.15, 0.2) is 77.7 Å². The van der Waals surface area contributed by atoms with Gasteiger partial charge in [0.15, 0.2) is 0 Å². The Labute approximate surface area is 226 Å². The van der Waals surface area contributed by atoms with E-state index in [1.807, 2.05) is 6.07 Å². The number of sulfonamides is 1. The summed E-state index contributed by atoms with van der Waals surface area (Å²) in [6.45, 7) is 7.66. The molecule has 3 aromatic rings. The summed E-state index contributed by atoms with van der Waals surface area (Å²) in [5.41, 5.74) is 4.58. The molecule has 4 rings (SSSR count). The van der Waals surface area contributed by atoms with Gasteiger partial charge in [-0.25, -0.2) is 17.5 Å². The van der Waals surface area contributed by atoms with Crippen LogP contribution in [0.1, 0.15) is 48.7 Å². The van der Waals surface area contributed by atoms with Crippen LogP contribution in [0.3, 0.4) is 0 Å². The van der Waals surface area contributed by atoms with Gasteiger partial charge < -0.3 is 10.4 Å². The summed E-state index contributed by atoms with van der Waals surface area (Å²) in [6, 6.07) is 21.9. The van der Waals surface area contributed by atoms with Gasteiger partial charge in [-0.2, -0.15) is 0 Å². The van der Waals surface area contributed by atoms with E-state index in [9.17, 15) is 13.2 Å². The Kier molecular flexibility index (Phi) is 8.40. The van der Waals surface area contributed by atoms with Crippen LogP contribution in [-0.4, -0.2) is 49.5 Å². The van der Waals surface area contributed by atoms with Crippen LogP contribution < -0.4 is 5.32 Å². The zero-order chi connectivity index (χ0) is 27.5. The monoisotopic (exact) mass is 534 g/mol. The summed E-state index contributed by atoms with van der Waals surface area (Å²) in [5, 5.41) is 12.8. The van der Waals surface area contributed by atoms with Crippen molar-refractivity contribution in [1.29, 1.82) is 0 Å². The minimum atomic E-state index is -3.68. The normalized spacial score (nSPS) is 15.0. The predicted molar refractivity (Wildman–Crippen MR) is 152 cm³/mol. The van der Waals surface area contributed by atoms with Gasteiger partial charge >= 0.3 is 5.97 Å². The third-order valence-electron chi connectivity index (χ3n) is 7.44. The molecule has 38 heavy (non-hydrogen) atoms. The highest BCUT2D eigenvalue weighted by Gasteiger charge is 2.29. The lowest BCUT2D eigenvalue weighted by molar-refractivity contribution is 0.0697. The van der Waals surface area contributed by atoms with Crippen molar-refractivity contribution in [2.45, 2.75) is 50.5 Å². The fourth-order valence-corrected chi connectivity index (χ4v) is 6.80. The van der Waals surface area contributed by atoms with Crippen LogP contribution >= 0.6 is 0 Å². The SMILES string of the molecule is C[C@@H](CNC(C)(C)CC1Cc2ccccc2C1)CN(C)S(=O)(=O)c1cccc(-c2ccc(C(=O)O)cc2)c1. The summed E-state index contributed by atoms with van der Waals surface area (Å²) < 4.78 is 28.1. The molecule has 0 amide bonds. The second-order valence-electron chi connectivity index (χ2n) is 11.3. The number of carboxylic acid groups (broad SMARTS) is 1. The molecule has 7 heteroatoms. The Morgan fingerprint density at radius 2 is 1.63 bits per heavy atom. The van der Waals surface area contributed by atoms with E-state index in [2.05, 4.69) is 50.4 Å². The van der Waals surface area contributed by atoms with E-state index in [1.165, 1.54) is 27.6 Å². The number of benzene rings is 3. The number of carbonyl (C=O) groups is 1. The fourth-order valence-electron chi connectivity index (χ4n) is 5.46. The average Bonchev–Trinajstić information content (AvgIpc) is 3.29. The van der Waals surface area contributed by atoms with Crippen LogP contribution in [-0.2, 0) is 22.9 Å². The summed E-state index contributed by atoms with van der Waals surface area (Å²) in [6.07, 6.45) is 3.32.